The molecule has 2 N–H and O–H groups in total. The maximum Gasteiger partial charge on any atom is 0.266 e. The maximum atomic E-state index is 14.6. The van der Waals surface area contributed by atoms with Crippen molar-refractivity contribution in [3.05, 3.63) is 116 Å². The fraction of sp³-hybridized carbons (Fsp3) is 0.355. The molecule has 0 radical (unpaired) electrons. The Kier molecular flexibility index (Phi) is 10.5. The van der Waals surface area contributed by atoms with Crippen molar-refractivity contribution in [3.63, 3.8) is 0 Å². The Bertz CT molecular complexity index is 1610. The van der Waals surface area contributed by atoms with Crippen LogP contribution in [0.3, 0.4) is 0 Å². The highest BCUT2D eigenvalue weighted by Gasteiger charge is 2.54. The monoisotopic (exact) mass is 611 g/mol. The molecule has 1 saturated heterocycles. The molecular weight excluding hydrogens is 578 g/mol. The van der Waals surface area contributed by atoms with E-state index in [2.05, 4.69) is 25.5 Å². The normalized spacial score (nSPS) is 19.4. The molecule has 3 aromatic carbocycles. The molecule has 0 unspecified atom stereocenters. The van der Waals surface area contributed by atoms with Crippen LogP contribution in [0.5, 0.6) is 5.75 Å². The predicted molar refractivity (Wildman–Crippen MR) is 166 cm³/mol. The van der Waals surface area contributed by atoms with Crippen LogP contribution >= 0.6 is 0 Å². The Labute approximate surface area is 259 Å². The number of aliphatic hydroxyl groups is 1. The molecule has 2 heterocycles. The van der Waals surface area contributed by atoms with Crippen molar-refractivity contribution in [1.29, 1.82) is 0 Å². The average molecular weight is 612 g/mol. The number of hydrogen-bond donors (Lipinski definition) is 2. The van der Waals surface area contributed by atoms with Crippen LogP contribution in [-0.4, -0.2) is 67.0 Å². The lowest BCUT2D eigenvalue weighted by Gasteiger charge is -2.35. The zero-order valence-electron chi connectivity index (χ0n) is 24.5. The summed E-state index contributed by atoms with van der Waals surface area (Å²) in [7, 11) is 0. The summed E-state index contributed by atoms with van der Waals surface area (Å²) in [5, 5.41) is 18.5. The van der Waals surface area contributed by atoms with Crippen molar-refractivity contribution >= 4 is 17.5 Å². The minimum Gasteiger partial charge on any atom is -0.494 e. The molecule has 1 amide bonds. The first-order valence-corrected chi connectivity index (χ1v) is 14.5. The van der Waals surface area contributed by atoms with Gasteiger partial charge in [-0.3, -0.25) is 10.2 Å². The van der Waals surface area contributed by atoms with Gasteiger partial charge < -0.3 is 19.3 Å². The molecular formula is C31H33N9O5. The molecule has 14 nitrogen and oxygen atoms in total. The molecule has 0 spiro atoms. The summed E-state index contributed by atoms with van der Waals surface area (Å²) in [5.74, 6) is 0.421. The first kappa shape index (κ1) is 31.3. The van der Waals surface area contributed by atoms with Crippen LogP contribution < -0.4 is 10.2 Å². The number of azide groups is 2. The SMILES string of the molecule is [N-]=[N+]=NCc1ccccc1C[C@]1(C(=O)NN2CCOCC2)N=C(c2ccc(OCCCO)cc2)O[C@H]1c1ccccc1N=[N+]=[N-]. The second-order valence-electron chi connectivity index (χ2n) is 10.4. The highest BCUT2D eigenvalue weighted by molar-refractivity contribution is 6.01. The van der Waals surface area contributed by atoms with E-state index in [0.29, 0.717) is 61.9 Å². The van der Waals surface area contributed by atoms with Gasteiger partial charge in [0.25, 0.3) is 5.91 Å². The van der Waals surface area contributed by atoms with Gasteiger partial charge in [0.05, 0.1) is 26.4 Å². The maximum absolute atomic E-state index is 14.6. The second kappa shape index (κ2) is 15.1. The number of rotatable bonds is 13. The number of amides is 1. The molecule has 0 aromatic heterocycles. The van der Waals surface area contributed by atoms with Gasteiger partial charge >= 0.3 is 0 Å². The molecule has 232 valence electrons. The van der Waals surface area contributed by atoms with Crippen LogP contribution in [-0.2, 0) is 27.2 Å². The lowest BCUT2D eigenvalue weighted by molar-refractivity contribution is -0.136. The summed E-state index contributed by atoms with van der Waals surface area (Å²) in [6, 6.07) is 21.5. The summed E-state index contributed by atoms with van der Waals surface area (Å²) in [6.45, 7) is 2.39. The Morgan fingerprint density at radius 2 is 1.78 bits per heavy atom. The molecule has 3 aromatic rings. The predicted octanol–water partition coefficient (Wildman–Crippen LogP) is 5.06. The number of hydrogen-bond acceptors (Lipinski definition) is 9. The summed E-state index contributed by atoms with van der Waals surface area (Å²) >= 11 is 0. The second-order valence-corrected chi connectivity index (χ2v) is 10.4. The zero-order valence-corrected chi connectivity index (χ0v) is 24.5. The summed E-state index contributed by atoms with van der Waals surface area (Å²) in [4.78, 5) is 25.6. The van der Waals surface area contributed by atoms with Crippen molar-refractivity contribution in [2.75, 3.05) is 39.5 Å². The minimum absolute atomic E-state index is 0.0298. The van der Waals surface area contributed by atoms with Crippen LogP contribution in [0.4, 0.5) is 5.69 Å². The first-order chi connectivity index (χ1) is 22.1. The van der Waals surface area contributed by atoms with Crippen LogP contribution in [0.15, 0.2) is 88.0 Å². The van der Waals surface area contributed by atoms with Crippen LogP contribution in [0.25, 0.3) is 20.9 Å². The largest absolute Gasteiger partial charge is 0.494 e. The molecule has 2 aliphatic rings. The number of carbonyl (C=O) groups excluding carboxylic acids is 1. The lowest BCUT2D eigenvalue weighted by atomic mass is 9.80. The number of benzene rings is 3. The molecule has 45 heavy (non-hydrogen) atoms. The number of morpholine rings is 1. The van der Waals surface area contributed by atoms with Crippen LogP contribution in [0.1, 0.15) is 34.8 Å². The van der Waals surface area contributed by atoms with E-state index in [1.807, 2.05) is 24.3 Å². The fourth-order valence-electron chi connectivity index (χ4n) is 5.31. The van der Waals surface area contributed by atoms with Crippen LogP contribution in [0, 0.1) is 0 Å². The number of ether oxygens (including phenoxy) is 3. The highest BCUT2D eigenvalue weighted by atomic mass is 16.5. The van der Waals surface area contributed by atoms with Crippen molar-refractivity contribution in [1.82, 2.24) is 10.4 Å². The Balaban J connectivity index is 1.64. The van der Waals surface area contributed by atoms with E-state index in [1.165, 1.54) is 0 Å². The third-order valence-corrected chi connectivity index (χ3v) is 7.55. The van der Waals surface area contributed by atoms with E-state index < -0.39 is 17.6 Å². The van der Waals surface area contributed by atoms with Gasteiger partial charge in [0.15, 0.2) is 11.6 Å². The standard InChI is InChI=1S/C31H33N9O5/c32-38-34-21-24-7-2-1-6-23(24)20-31(30(42)37-40-14-18-43-19-15-40)28(26-8-3-4-9-27(26)36-39-33)45-29(35-31)22-10-12-25(13-11-22)44-17-5-16-41/h1-4,6-13,28,41H,5,14-21H2,(H,37,42)/t28-,31-/m0/s1. The first-order valence-electron chi connectivity index (χ1n) is 14.5. The Hall–Kier alpha value is -5.10. The van der Waals surface area contributed by atoms with E-state index in [0.717, 1.165) is 11.1 Å². The molecule has 14 heteroatoms. The van der Waals surface area contributed by atoms with Gasteiger partial charge in [-0.1, -0.05) is 58.8 Å². The molecule has 2 atom stereocenters. The minimum atomic E-state index is -1.57. The van der Waals surface area contributed by atoms with E-state index in [-0.39, 0.29) is 25.5 Å². The van der Waals surface area contributed by atoms with Crippen LogP contribution in [0.2, 0.25) is 0 Å². The van der Waals surface area contributed by atoms with Gasteiger partial charge in [0.1, 0.15) is 5.75 Å². The third-order valence-electron chi connectivity index (χ3n) is 7.55. The number of aliphatic hydroxyl groups excluding tert-OH is 1. The zero-order chi connectivity index (χ0) is 31.5. The summed E-state index contributed by atoms with van der Waals surface area (Å²) in [6.07, 6.45) is -0.407. The molecule has 2 aliphatic heterocycles. The number of nitrogens with one attached hydrogen (secondary N) is 1. The molecule has 0 saturated carbocycles. The number of nitrogens with zero attached hydrogens (tertiary/aromatic N) is 8. The van der Waals surface area contributed by atoms with Gasteiger partial charge in [-0.2, -0.15) is 0 Å². The third kappa shape index (κ3) is 7.35. The number of hydrazine groups is 1. The van der Waals surface area contributed by atoms with Crippen molar-refractivity contribution in [2.45, 2.75) is 31.0 Å². The lowest BCUT2D eigenvalue weighted by Crippen LogP contribution is -2.57. The van der Waals surface area contributed by atoms with Gasteiger partial charge in [-0.15, -0.1) is 0 Å². The van der Waals surface area contributed by atoms with E-state index in [1.54, 1.807) is 53.5 Å². The van der Waals surface area contributed by atoms with Crippen molar-refractivity contribution in [3.8, 4) is 5.75 Å². The molecule has 0 bridgehead atoms. The summed E-state index contributed by atoms with van der Waals surface area (Å²) in [5.41, 5.74) is 22.7. The van der Waals surface area contributed by atoms with Gasteiger partial charge in [-0.25, -0.2) is 10.0 Å². The quantitative estimate of drug-likeness (QED) is 0.117. The average Bonchev–Trinajstić information content (AvgIpc) is 3.46. The summed E-state index contributed by atoms with van der Waals surface area (Å²) < 4.78 is 17.7. The van der Waals surface area contributed by atoms with E-state index in [4.69, 9.17) is 29.8 Å². The van der Waals surface area contributed by atoms with Crippen molar-refractivity contribution in [2.24, 2.45) is 15.2 Å². The number of aliphatic imine (C=N–C) groups is 1. The van der Waals surface area contributed by atoms with Gasteiger partial charge in [0, 0.05) is 59.2 Å². The highest BCUT2D eigenvalue weighted by Crippen LogP contribution is 2.45. The van der Waals surface area contributed by atoms with Gasteiger partial charge in [-0.05, 0) is 46.5 Å². The Morgan fingerprint density at radius 3 is 2.51 bits per heavy atom. The molecule has 1 fully saturated rings. The number of carbonyl (C=O) groups is 1. The smallest absolute Gasteiger partial charge is 0.266 e. The topological polar surface area (TPSA) is 190 Å². The fourth-order valence-corrected chi connectivity index (χ4v) is 5.31. The van der Waals surface area contributed by atoms with E-state index >= 15 is 0 Å². The van der Waals surface area contributed by atoms with E-state index in [9.17, 15) is 10.3 Å². The van der Waals surface area contributed by atoms with Gasteiger partial charge in [0.2, 0.25) is 5.90 Å². The van der Waals surface area contributed by atoms with Crippen molar-refractivity contribution < 1.29 is 24.1 Å². The molecule has 5 rings (SSSR count). The molecule has 0 aliphatic carbocycles. The Morgan fingerprint density at radius 1 is 1.04 bits per heavy atom.